The summed E-state index contributed by atoms with van der Waals surface area (Å²) in [7, 11) is 1.29. The van der Waals surface area contributed by atoms with Gasteiger partial charge in [-0.15, -0.1) is 12.4 Å². The summed E-state index contributed by atoms with van der Waals surface area (Å²) in [4.78, 5) is 15.5. The van der Waals surface area contributed by atoms with E-state index in [1.807, 2.05) is 0 Å². The molecular formula is C22H24ClNO8. The number of halogens is 1. The van der Waals surface area contributed by atoms with Crippen LogP contribution in [0.3, 0.4) is 0 Å². The Morgan fingerprint density at radius 2 is 1.69 bits per heavy atom. The van der Waals surface area contributed by atoms with Crippen LogP contribution in [0.2, 0.25) is 0 Å². The Morgan fingerprint density at radius 1 is 1.03 bits per heavy atom. The third kappa shape index (κ3) is 4.35. The summed E-state index contributed by atoms with van der Waals surface area (Å²) in [6.07, 6.45) is 2.31. The van der Waals surface area contributed by atoms with Crippen molar-refractivity contribution in [2.75, 3.05) is 33.4 Å². The zero-order chi connectivity index (χ0) is 22.1. The summed E-state index contributed by atoms with van der Waals surface area (Å²) in [6, 6.07) is 4.86. The van der Waals surface area contributed by atoms with Crippen molar-refractivity contribution in [3.63, 3.8) is 0 Å². The van der Waals surface area contributed by atoms with Crippen LogP contribution in [0, 0.1) is 0 Å². The molecule has 1 fully saturated rings. The lowest BCUT2D eigenvalue weighted by atomic mass is 10.1. The Morgan fingerprint density at radius 3 is 2.31 bits per heavy atom. The van der Waals surface area contributed by atoms with E-state index < -0.39 is 22.7 Å². The van der Waals surface area contributed by atoms with Crippen LogP contribution >= 0.6 is 12.4 Å². The first-order valence-electron chi connectivity index (χ1n) is 9.87. The van der Waals surface area contributed by atoms with Gasteiger partial charge in [0.25, 0.3) is 0 Å². The topological polar surface area (TPSA) is 133 Å². The Labute approximate surface area is 189 Å². The monoisotopic (exact) mass is 465 g/mol. The maximum atomic E-state index is 13.2. The van der Waals surface area contributed by atoms with Crippen LogP contribution in [0.15, 0.2) is 33.5 Å². The number of benzene rings is 2. The molecule has 1 aliphatic rings. The van der Waals surface area contributed by atoms with Gasteiger partial charge in [0.1, 0.15) is 29.1 Å². The summed E-state index contributed by atoms with van der Waals surface area (Å²) in [5.41, 5.74) is -0.394. The number of hydrogen-bond acceptors (Lipinski definition) is 9. The molecule has 0 radical (unpaired) electrons. The van der Waals surface area contributed by atoms with Crippen molar-refractivity contribution < 1.29 is 34.3 Å². The first kappa shape index (κ1) is 23.4. The predicted molar refractivity (Wildman–Crippen MR) is 120 cm³/mol. The highest BCUT2D eigenvalue weighted by Gasteiger charge is 2.23. The number of aromatic hydroxyl groups is 4. The van der Waals surface area contributed by atoms with Gasteiger partial charge in [-0.05, 0) is 38.1 Å². The molecule has 0 spiro atoms. The fourth-order valence-electron chi connectivity index (χ4n) is 3.77. The normalized spacial score (nSPS) is 13.8. The lowest BCUT2D eigenvalue weighted by Crippen LogP contribution is -2.25. The molecule has 1 aromatic heterocycles. The van der Waals surface area contributed by atoms with E-state index >= 15 is 0 Å². The third-order valence-electron chi connectivity index (χ3n) is 5.30. The van der Waals surface area contributed by atoms with Gasteiger partial charge in [-0.2, -0.15) is 0 Å². The second-order valence-electron chi connectivity index (χ2n) is 7.37. The molecule has 0 atom stereocenters. The van der Waals surface area contributed by atoms with Gasteiger partial charge in [0.2, 0.25) is 11.2 Å². The molecule has 1 aliphatic heterocycles. The number of phenols is 4. The number of nitrogens with zero attached hydrogens (tertiary/aromatic N) is 1. The fraction of sp³-hybridized carbons (Fsp3) is 0.318. The van der Waals surface area contributed by atoms with Gasteiger partial charge in [-0.3, -0.25) is 9.69 Å². The van der Waals surface area contributed by atoms with Crippen molar-refractivity contribution in [1.82, 2.24) is 4.90 Å². The third-order valence-corrected chi connectivity index (χ3v) is 5.30. The van der Waals surface area contributed by atoms with Crippen molar-refractivity contribution >= 4 is 23.4 Å². The zero-order valence-electron chi connectivity index (χ0n) is 17.3. The number of methoxy groups -OCH3 is 1. The highest BCUT2D eigenvalue weighted by Crippen LogP contribution is 2.42. The van der Waals surface area contributed by atoms with E-state index in [2.05, 4.69) is 4.90 Å². The van der Waals surface area contributed by atoms with Crippen molar-refractivity contribution in [2.24, 2.45) is 0 Å². The molecule has 0 unspecified atom stereocenters. The Balaban J connectivity index is 0.00000289. The van der Waals surface area contributed by atoms with E-state index in [9.17, 15) is 25.2 Å². The molecule has 0 bridgehead atoms. The highest BCUT2D eigenvalue weighted by molar-refractivity contribution is 5.89. The molecular weight excluding hydrogens is 442 g/mol. The number of ether oxygens (including phenoxy) is 2. The molecule has 0 amide bonds. The largest absolute Gasteiger partial charge is 0.508 e. The number of hydrogen-bond donors (Lipinski definition) is 4. The van der Waals surface area contributed by atoms with E-state index in [0.717, 1.165) is 38.1 Å². The van der Waals surface area contributed by atoms with Crippen LogP contribution in [0.25, 0.3) is 22.3 Å². The summed E-state index contributed by atoms with van der Waals surface area (Å²) in [5.74, 6) is -2.13. The lowest BCUT2D eigenvalue weighted by Gasteiger charge is -2.16. The van der Waals surface area contributed by atoms with Crippen LogP contribution in [0.1, 0.15) is 12.8 Å². The van der Waals surface area contributed by atoms with Crippen LogP contribution in [0.5, 0.6) is 34.5 Å². The van der Waals surface area contributed by atoms with Crippen LogP contribution in [-0.4, -0.2) is 58.7 Å². The molecule has 3 aromatic rings. The van der Waals surface area contributed by atoms with E-state index in [0.29, 0.717) is 13.2 Å². The van der Waals surface area contributed by atoms with E-state index in [1.165, 1.54) is 19.2 Å². The average Bonchev–Trinajstić information content (AvgIpc) is 3.24. The summed E-state index contributed by atoms with van der Waals surface area (Å²) in [5, 5.41) is 39.5. The molecule has 9 nitrogen and oxygen atoms in total. The molecule has 0 saturated carbocycles. The molecule has 4 N–H and O–H groups in total. The maximum Gasteiger partial charge on any atom is 0.239 e. The first-order valence-corrected chi connectivity index (χ1v) is 9.87. The summed E-state index contributed by atoms with van der Waals surface area (Å²) in [6.45, 7) is 3.05. The number of phenolic OH excluding ortho intramolecular Hbond substituents is 4. The minimum atomic E-state index is -0.697. The molecule has 32 heavy (non-hydrogen) atoms. The standard InChI is InChI=1S/C22H23NO8.ClH/c1-29-22-20(28)18-16(30-7-6-23-4-2-3-5-23)10-13(24)11-17(18)31-21(22)12-8-14(25)19(27)15(26)9-12;/h8-11,24-27H,2-7H2,1H3;1H. The molecule has 2 heterocycles. The van der Waals surface area contributed by atoms with Gasteiger partial charge in [0, 0.05) is 24.2 Å². The van der Waals surface area contributed by atoms with Crippen molar-refractivity contribution in [3.05, 3.63) is 34.5 Å². The SMILES string of the molecule is COc1c(-c2cc(O)c(O)c(O)c2)oc2cc(O)cc(OCCN3CCCC3)c2c1=O.Cl. The second kappa shape index (κ2) is 9.46. The van der Waals surface area contributed by atoms with Crippen molar-refractivity contribution in [3.8, 4) is 45.8 Å². The van der Waals surface area contributed by atoms with Gasteiger partial charge in [0.15, 0.2) is 23.0 Å². The minimum Gasteiger partial charge on any atom is -0.508 e. The molecule has 10 heteroatoms. The van der Waals surface area contributed by atoms with Gasteiger partial charge in [-0.1, -0.05) is 0 Å². The van der Waals surface area contributed by atoms with Gasteiger partial charge in [0.05, 0.1) is 7.11 Å². The summed E-state index contributed by atoms with van der Waals surface area (Å²) < 4.78 is 16.9. The number of likely N-dealkylation sites (tertiary alicyclic amines) is 1. The molecule has 1 saturated heterocycles. The van der Waals surface area contributed by atoms with E-state index in [4.69, 9.17) is 13.9 Å². The molecule has 172 valence electrons. The van der Waals surface area contributed by atoms with Crippen molar-refractivity contribution in [2.45, 2.75) is 12.8 Å². The smallest absolute Gasteiger partial charge is 0.239 e. The zero-order valence-corrected chi connectivity index (χ0v) is 18.1. The van der Waals surface area contributed by atoms with E-state index in [-0.39, 0.29) is 51.9 Å². The number of rotatable bonds is 6. The maximum absolute atomic E-state index is 13.2. The van der Waals surface area contributed by atoms with Gasteiger partial charge in [-0.25, -0.2) is 0 Å². The van der Waals surface area contributed by atoms with Crippen LogP contribution in [-0.2, 0) is 0 Å². The molecule has 4 rings (SSSR count). The Kier molecular flexibility index (Phi) is 6.90. The quantitative estimate of drug-likeness (QED) is 0.405. The lowest BCUT2D eigenvalue weighted by molar-refractivity contribution is 0.239. The predicted octanol–water partition coefficient (Wildman–Crippen LogP) is 3.19. The Hall–Kier alpha value is -3.30. The minimum absolute atomic E-state index is 0. The highest BCUT2D eigenvalue weighted by atomic mass is 35.5. The fourth-order valence-corrected chi connectivity index (χ4v) is 3.77. The number of fused-ring (bicyclic) bond motifs is 1. The van der Waals surface area contributed by atoms with Crippen LogP contribution < -0.4 is 14.9 Å². The Bertz CT molecular complexity index is 1160. The van der Waals surface area contributed by atoms with Crippen molar-refractivity contribution in [1.29, 1.82) is 0 Å². The average molecular weight is 466 g/mol. The second-order valence-corrected chi connectivity index (χ2v) is 7.37. The van der Waals surface area contributed by atoms with E-state index in [1.54, 1.807) is 0 Å². The molecule has 2 aromatic carbocycles. The van der Waals surface area contributed by atoms with Gasteiger partial charge < -0.3 is 34.3 Å². The van der Waals surface area contributed by atoms with Crippen LogP contribution in [0.4, 0.5) is 0 Å². The first-order chi connectivity index (χ1) is 14.9. The van der Waals surface area contributed by atoms with Gasteiger partial charge >= 0.3 is 0 Å². The summed E-state index contributed by atoms with van der Waals surface area (Å²) >= 11 is 0. The molecule has 0 aliphatic carbocycles.